The van der Waals surface area contributed by atoms with E-state index in [2.05, 4.69) is 38.3 Å². The Kier molecular flexibility index (Phi) is 4.68. The molecule has 0 radical (unpaired) electrons. The van der Waals surface area contributed by atoms with Crippen LogP contribution in [0.15, 0.2) is 46.6 Å². The van der Waals surface area contributed by atoms with Crippen molar-refractivity contribution in [3.05, 3.63) is 42.1 Å². The Morgan fingerprint density at radius 1 is 1.13 bits per heavy atom. The van der Waals surface area contributed by atoms with E-state index in [1.54, 1.807) is 4.90 Å². The largest absolute Gasteiger partial charge is 0.444 e. The summed E-state index contributed by atoms with van der Waals surface area (Å²) in [6.07, 6.45) is 5.63. The van der Waals surface area contributed by atoms with Crippen LogP contribution in [0, 0.1) is 0 Å². The molecule has 1 amide bonds. The molecule has 4 heterocycles. The monoisotopic (exact) mass is 421 g/mol. The van der Waals surface area contributed by atoms with Crippen molar-refractivity contribution in [1.82, 2.24) is 25.0 Å². The number of hydrazone groups is 1. The van der Waals surface area contributed by atoms with Crippen LogP contribution in [0.2, 0.25) is 0 Å². The van der Waals surface area contributed by atoms with Gasteiger partial charge in [0.2, 0.25) is 0 Å². The molecule has 0 saturated carbocycles. The lowest BCUT2D eigenvalue weighted by atomic mass is 10.1. The predicted molar refractivity (Wildman–Crippen MR) is 119 cm³/mol. The SMILES string of the molecule is CC(C)(C)OC(=O)N1CCN(C2=NN3C(=NCC3c3ccc4[nH]ncc4c3)C=C2)CC1. The van der Waals surface area contributed by atoms with Crippen molar-refractivity contribution in [3.63, 3.8) is 0 Å². The van der Waals surface area contributed by atoms with Gasteiger partial charge >= 0.3 is 6.09 Å². The maximum atomic E-state index is 12.3. The minimum absolute atomic E-state index is 0.0669. The van der Waals surface area contributed by atoms with Crippen molar-refractivity contribution in [2.75, 3.05) is 32.7 Å². The maximum absolute atomic E-state index is 12.3. The lowest BCUT2D eigenvalue weighted by Gasteiger charge is -2.37. The second-order valence-corrected chi connectivity index (χ2v) is 9.02. The van der Waals surface area contributed by atoms with Gasteiger partial charge in [-0.15, -0.1) is 0 Å². The Morgan fingerprint density at radius 3 is 2.68 bits per heavy atom. The number of amides is 1. The normalized spacial score (nSPS) is 21.3. The van der Waals surface area contributed by atoms with Crippen molar-refractivity contribution in [1.29, 1.82) is 0 Å². The number of carbonyl (C=O) groups is 1. The second kappa shape index (κ2) is 7.40. The first kappa shape index (κ1) is 19.6. The number of aromatic nitrogens is 2. The summed E-state index contributed by atoms with van der Waals surface area (Å²) < 4.78 is 5.50. The molecule has 0 bridgehead atoms. The molecule has 2 aromatic rings. The lowest BCUT2D eigenvalue weighted by Crippen LogP contribution is -2.52. The van der Waals surface area contributed by atoms with E-state index in [1.165, 1.54) is 5.56 Å². The smallest absolute Gasteiger partial charge is 0.410 e. The van der Waals surface area contributed by atoms with E-state index >= 15 is 0 Å². The Labute approximate surface area is 181 Å². The molecule has 1 atom stereocenters. The van der Waals surface area contributed by atoms with E-state index in [1.807, 2.05) is 44.1 Å². The van der Waals surface area contributed by atoms with Crippen LogP contribution in [0.3, 0.4) is 0 Å². The molecule has 1 N–H and O–H groups in total. The van der Waals surface area contributed by atoms with Crippen LogP contribution < -0.4 is 0 Å². The summed E-state index contributed by atoms with van der Waals surface area (Å²) >= 11 is 0. The average molecular weight is 422 g/mol. The highest BCUT2D eigenvalue weighted by molar-refractivity contribution is 6.06. The van der Waals surface area contributed by atoms with E-state index in [-0.39, 0.29) is 12.1 Å². The first-order chi connectivity index (χ1) is 14.9. The minimum Gasteiger partial charge on any atom is -0.444 e. The molecule has 1 aromatic carbocycles. The van der Waals surface area contributed by atoms with Gasteiger partial charge in [-0.3, -0.25) is 10.1 Å². The Hall–Kier alpha value is -3.36. The zero-order valence-electron chi connectivity index (χ0n) is 18.1. The highest BCUT2D eigenvalue weighted by atomic mass is 16.6. The topological polar surface area (TPSA) is 89.4 Å². The summed E-state index contributed by atoms with van der Waals surface area (Å²) in [7, 11) is 0. The molecule has 1 fully saturated rings. The number of piperazine rings is 1. The standard InChI is InChI=1S/C22H27N7O2/c1-22(2,3)31-21(30)28-10-8-27(9-11-28)20-7-6-19-23-14-18(29(19)26-20)15-4-5-17-16(12-15)13-24-25-17/h4-7,12-13,18H,8-11,14H2,1-3H3,(H,24,25). The summed E-state index contributed by atoms with van der Waals surface area (Å²) in [4.78, 5) is 21.0. The van der Waals surface area contributed by atoms with Gasteiger partial charge in [0.1, 0.15) is 17.3 Å². The molecule has 0 spiro atoms. The van der Waals surface area contributed by atoms with Crippen molar-refractivity contribution in [2.24, 2.45) is 10.1 Å². The van der Waals surface area contributed by atoms with Gasteiger partial charge in [-0.05, 0) is 50.6 Å². The van der Waals surface area contributed by atoms with Gasteiger partial charge in [-0.2, -0.15) is 10.2 Å². The zero-order chi connectivity index (χ0) is 21.6. The number of rotatable bonds is 1. The van der Waals surface area contributed by atoms with Gasteiger partial charge in [-0.25, -0.2) is 9.80 Å². The van der Waals surface area contributed by atoms with E-state index in [9.17, 15) is 4.79 Å². The number of ether oxygens (including phenoxy) is 1. The summed E-state index contributed by atoms with van der Waals surface area (Å²) in [6, 6.07) is 6.37. The Balaban J connectivity index is 1.28. The summed E-state index contributed by atoms with van der Waals surface area (Å²) in [5, 5.41) is 15.1. The number of hydrogen-bond acceptors (Lipinski definition) is 7. The van der Waals surface area contributed by atoms with Crippen LogP contribution in [0.25, 0.3) is 10.9 Å². The van der Waals surface area contributed by atoms with Crippen LogP contribution in [-0.4, -0.2) is 81.1 Å². The number of H-pyrrole nitrogens is 1. The quantitative estimate of drug-likeness (QED) is 0.765. The number of nitrogens with one attached hydrogen (secondary N) is 1. The third-order valence-electron chi connectivity index (χ3n) is 5.65. The maximum Gasteiger partial charge on any atom is 0.410 e. The zero-order valence-corrected chi connectivity index (χ0v) is 18.1. The number of aliphatic imine (C=N–C) groups is 1. The average Bonchev–Trinajstić information content (AvgIpc) is 3.38. The van der Waals surface area contributed by atoms with Gasteiger partial charge in [0, 0.05) is 31.6 Å². The van der Waals surface area contributed by atoms with E-state index in [4.69, 9.17) is 9.84 Å². The van der Waals surface area contributed by atoms with Crippen LogP contribution in [0.4, 0.5) is 4.79 Å². The van der Waals surface area contributed by atoms with Crippen LogP contribution in [-0.2, 0) is 4.74 Å². The van der Waals surface area contributed by atoms with Crippen LogP contribution >= 0.6 is 0 Å². The van der Waals surface area contributed by atoms with E-state index < -0.39 is 5.60 Å². The number of fused-ring (bicyclic) bond motifs is 2. The summed E-state index contributed by atoms with van der Waals surface area (Å²) in [5.74, 6) is 1.78. The molecule has 9 nitrogen and oxygen atoms in total. The minimum atomic E-state index is -0.482. The van der Waals surface area contributed by atoms with Crippen molar-refractivity contribution in [2.45, 2.75) is 32.4 Å². The highest BCUT2D eigenvalue weighted by Gasteiger charge is 2.32. The van der Waals surface area contributed by atoms with Gasteiger partial charge in [0.25, 0.3) is 0 Å². The fourth-order valence-corrected chi connectivity index (χ4v) is 4.06. The van der Waals surface area contributed by atoms with Crippen LogP contribution in [0.5, 0.6) is 0 Å². The molecule has 31 heavy (non-hydrogen) atoms. The first-order valence-corrected chi connectivity index (χ1v) is 10.6. The summed E-state index contributed by atoms with van der Waals surface area (Å²) in [5.41, 5.74) is 1.71. The number of carbonyl (C=O) groups excluding carboxylic acids is 1. The second-order valence-electron chi connectivity index (χ2n) is 9.02. The lowest BCUT2D eigenvalue weighted by molar-refractivity contribution is 0.0187. The van der Waals surface area contributed by atoms with Gasteiger partial charge in [-0.1, -0.05) is 6.07 Å². The van der Waals surface area contributed by atoms with Crippen molar-refractivity contribution < 1.29 is 9.53 Å². The molecule has 0 aliphatic carbocycles. The van der Waals surface area contributed by atoms with Crippen LogP contribution in [0.1, 0.15) is 32.4 Å². The number of benzene rings is 1. The van der Waals surface area contributed by atoms with Crippen molar-refractivity contribution in [3.8, 4) is 0 Å². The third-order valence-corrected chi connectivity index (χ3v) is 5.65. The number of hydrogen-bond donors (Lipinski definition) is 1. The molecule has 1 saturated heterocycles. The molecule has 1 unspecified atom stereocenters. The molecule has 3 aliphatic rings. The van der Waals surface area contributed by atoms with E-state index in [0.717, 1.165) is 22.6 Å². The fraction of sp³-hybridized carbons (Fsp3) is 0.455. The third kappa shape index (κ3) is 3.87. The molecule has 5 rings (SSSR count). The van der Waals surface area contributed by atoms with Gasteiger partial charge in [0.15, 0.2) is 0 Å². The highest BCUT2D eigenvalue weighted by Crippen LogP contribution is 2.31. The molecule has 3 aliphatic heterocycles. The van der Waals surface area contributed by atoms with E-state index in [0.29, 0.717) is 32.7 Å². The van der Waals surface area contributed by atoms with Gasteiger partial charge < -0.3 is 14.5 Å². The number of nitrogens with zero attached hydrogens (tertiary/aromatic N) is 6. The molecular weight excluding hydrogens is 394 g/mol. The van der Waals surface area contributed by atoms with Gasteiger partial charge in [0.05, 0.1) is 24.3 Å². The number of amidine groups is 2. The number of aromatic amines is 1. The molecule has 162 valence electrons. The fourth-order valence-electron chi connectivity index (χ4n) is 4.06. The molecule has 1 aromatic heterocycles. The molecular formula is C22H27N7O2. The summed E-state index contributed by atoms with van der Waals surface area (Å²) in [6.45, 7) is 9.00. The van der Waals surface area contributed by atoms with Crippen molar-refractivity contribution >= 4 is 28.7 Å². The Bertz CT molecular complexity index is 1090. The first-order valence-electron chi connectivity index (χ1n) is 10.6. The Morgan fingerprint density at radius 2 is 1.90 bits per heavy atom. The molecule has 9 heteroatoms. The predicted octanol–water partition coefficient (Wildman–Crippen LogP) is 2.75.